The van der Waals surface area contributed by atoms with E-state index in [1.807, 2.05) is 71.0 Å². The van der Waals surface area contributed by atoms with Gasteiger partial charge in [0.15, 0.2) is 0 Å². The number of hydrogen-bond acceptors (Lipinski definition) is 2. The van der Waals surface area contributed by atoms with Gasteiger partial charge in [-0.15, -0.1) is 0 Å². The van der Waals surface area contributed by atoms with Gasteiger partial charge in [0.05, 0.1) is 16.8 Å². The quantitative estimate of drug-likeness (QED) is 0.427. The van der Waals surface area contributed by atoms with E-state index in [4.69, 9.17) is 9.31 Å². The molecule has 1 heterocycles. The molecule has 0 amide bonds. The largest absolute Gasteiger partial charge is 0.494 e. The molecule has 32 heavy (non-hydrogen) atoms. The first-order valence-electron chi connectivity index (χ1n) is 10.6. The van der Waals surface area contributed by atoms with Gasteiger partial charge >= 0.3 is 13.3 Å². The van der Waals surface area contributed by atoms with E-state index in [1.54, 1.807) is 0 Å². The first-order chi connectivity index (χ1) is 14.9. The Morgan fingerprint density at radius 2 is 1.19 bits per heavy atom. The molecule has 166 valence electrons. The second kappa shape index (κ2) is 7.78. The molecule has 1 aliphatic rings. The van der Waals surface area contributed by atoms with Gasteiger partial charge in [-0.05, 0) is 80.0 Å². The molecule has 3 aromatic carbocycles. The fourth-order valence-corrected chi connectivity index (χ4v) is 3.82. The minimum absolute atomic E-state index is 0.387. The fraction of sp³-hybridized carbons (Fsp3) is 0.308. The van der Waals surface area contributed by atoms with E-state index in [0.717, 1.165) is 45.4 Å². The van der Waals surface area contributed by atoms with Crippen LogP contribution in [0.15, 0.2) is 66.7 Å². The fourth-order valence-electron chi connectivity index (χ4n) is 3.82. The maximum absolute atomic E-state index is 12.8. The van der Waals surface area contributed by atoms with Crippen LogP contribution in [-0.4, -0.2) is 18.3 Å². The van der Waals surface area contributed by atoms with Crippen molar-refractivity contribution in [3.63, 3.8) is 0 Å². The molecule has 0 aromatic heterocycles. The zero-order valence-corrected chi connectivity index (χ0v) is 18.9. The van der Waals surface area contributed by atoms with Crippen LogP contribution in [0.4, 0.5) is 13.2 Å². The molecular formula is C26H26BF3O2. The lowest BCUT2D eigenvalue weighted by molar-refractivity contribution is -0.137. The van der Waals surface area contributed by atoms with Gasteiger partial charge in [-0.1, -0.05) is 54.6 Å². The third-order valence-corrected chi connectivity index (χ3v) is 6.52. The van der Waals surface area contributed by atoms with Crippen LogP contribution in [0.2, 0.25) is 0 Å². The molecule has 6 heteroatoms. The van der Waals surface area contributed by atoms with Crippen molar-refractivity contribution in [3.05, 3.63) is 77.9 Å². The molecule has 0 atom stereocenters. The number of hydrogen-bond donors (Lipinski definition) is 0. The Hall–Kier alpha value is -2.57. The average molecular weight is 438 g/mol. The monoisotopic (exact) mass is 438 g/mol. The number of rotatable bonds is 3. The predicted octanol–water partition coefficient (Wildman–Crippen LogP) is 6.65. The smallest absolute Gasteiger partial charge is 0.399 e. The first-order valence-corrected chi connectivity index (χ1v) is 10.6. The third-order valence-electron chi connectivity index (χ3n) is 6.52. The summed E-state index contributed by atoms with van der Waals surface area (Å²) in [5.41, 5.74) is 4.31. The van der Waals surface area contributed by atoms with Crippen molar-refractivity contribution in [2.24, 2.45) is 0 Å². The first kappa shape index (κ1) is 22.6. The summed E-state index contributed by atoms with van der Waals surface area (Å²) in [7, 11) is -0.405. The van der Waals surface area contributed by atoms with Crippen LogP contribution < -0.4 is 5.46 Å². The van der Waals surface area contributed by atoms with Gasteiger partial charge in [-0.2, -0.15) is 13.2 Å². The summed E-state index contributed by atoms with van der Waals surface area (Å²) in [5.74, 6) is 0. The van der Waals surface area contributed by atoms with E-state index < -0.39 is 18.9 Å². The van der Waals surface area contributed by atoms with E-state index in [9.17, 15) is 13.2 Å². The maximum Gasteiger partial charge on any atom is 0.494 e. The third kappa shape index (κ3) is 4.22. The topological polar surface area (TPSA) is 18.5 Å². The standard InChI is InChI=1S/C26H26BF3O2/c1-17-16-20(10-15-23(17)19-6-11-21(12-7-19)26(28,29)30)18-8-13-22(14-9-18)27-31-24(2,3)25(4,5)32-27/h6-16H,1-5H3. The maximum atomic E-state index is 12.8. The molecule has 1 aliphatic heterocycles. The summed E-state index contributed by atoms with van der Waals surface area (Å²) in [6.07, 6.45) is -4.33. The van der Waals surface area contributed by atoms with Crippen molar-refractivity contribution >= 4 is 12.6 Å². The summed E-state index contributed by atoms with van der Waals surface area (Å²) in [5, 5.41) is 0. The predicted molar refractivity (Wildman–Crippen MR) is 123 cm³/mol. The highest BCUT2D eigenvalue weighted by atomic mass is 19.4. The van der Waals surface area contributed by atoms with Gasteiger partial charge in [0, 0.05) is 0 Å². The Labute approximate surface area is 187 Å². The van der Waals surface area contributed by atoms with Gasteiger partial charge in [-0.3, -0.25) is 0 Å². The van der Waals surface area contributed by atoms with Crippen molar-refractivity contribution in [2.75, 3.05) is 0 Å². The molecule has 0 unspecified atom stereocenters. The lowest BCUT2D eigenvalue weighted by atomic mass is 9.78. The second-order valence-corrected chi connectivity index (χ2v) is 9.32. The Morgan fingerprint density at radius 3 is 1.69 bits per heavy atom. The van der Waals surface area contributed by atoms with Crippen LogP contribution in [0.3, 0.4) is 0 Å². The van der Waals surface area contributed by atoms with Gasteiger partial charge in [0.1, 0.15) is 0 Å². The Bertz CT molecular complexity index is 1100. The molecule has 3 aromatic rings. The molecular weight excluding hydrogens is 412 g/mol. The SMILES string of the molecule is Cc1cc(-c2ccc(B3OC(C)(C)C(C)(C)O3)cc2)ccc1-c1ccc(C(F)(F)F)cc1. The number of halogens is 3. The van der Waals surface area contributed by atoms with Crippen LogP contribution in [-0.2, 0) is 15.5 Å². The van der Waals surface area contributed by atoms with Gasteiger partial charge in [0.2, 0.25) is 0 Å². The molecule has 0 radical (unpaired) electrons. The Morgan fingerprint density at radius 1 is 0.688 bits per heavy atom. The average Bonchev–Trinajstić information content (AvgIpc) is 2.94. The molecule has 0 spiro atoms. The van der Waals surface area contributed by atoms with E-state index in [-0.39, 0.29) is 11.2 Å². The molecule has 0 N–H and O–H groups in total. The Kier molecular flexibility index (Phi) is 5.50. The summed E-state index contributed by atoms with van der Waals surface area (Å²) in [6.45, 7) is 10.1. The summed E-state index contributed by atoms with van der Waals surface area (Å²) >= 11 is 0. The van der Waals surface area contributed by atoms with Gasteiger partial charge in [0.25, 0.3) is 0 Å². The molecule has 0 bridgehead atoms. The van der Waals surface area contributed by atoms with Crippen molar-refractivity contribution in [1.29, 1.82) is 0 Å². The molecule has 4 rings (SSSR count). The van der Waals surface area contributed by atoms with Crippen LogP contribution in [0, 0.1) is 6.92 Å². The summed E-state index contributed by atoms with van der Waals surface area (Å²) in [6, 6.07) is 19.4. The lowest BCUT2D eigenvalue weighted by Gasteiger charge is -2.32. The van der Waals surface area contributed by atoms with Crippen LogP contribution in [0.5, 0.6) is 0 Å². The summed E-state index contributed by atoms with van der Waals surface area (Å²) < 4.78 is 50.7. The van der Waals surface area contributed by atoms with Crippen molar-refractivity contribution in [2.45, 2.75) is 52.0 Å². The molecule has 1 saturated heterocycles. The van der Waals surface area contributed by atoms with E-state index >= 15 is 0 Å². The normalized spacial score (nSPS) is 17.6. The highest BCUT2D eigenvalue weighted by molar-refractivity contribution is 6.62. The molecule has 1 fully saturated rings. The molecule has 0 saturated carbocycles. The molecule has 2 nitrogen and oxygen atoms in total. The second-order valence-electron chi connectivity index (χ2n) is 9.32. The van der Waals surface area contributed by atoms with E-state index in [2.05, 4.69) is 6.07 Å². The van der Waals surface area contributed by atoms with Gasteiger partial charge in [-0.25, -0.2) is 0 Å². The van der Waals surface area contributed by atoms with Gasteiger partial charge < -0.3 is 9.31 Å². The van der Waals surface area contributed by atoms with Crippen molar-refractivity contribution < 1.29 is 22.5 Å². The van der Waals surface area contributed by atoms with E-state index in [1.165, 1.54) is 12.1 Å². The van der Waals surface area contributed by atoms with Crippen LogP contribution >= 0.6 is 0 Å². The van der Waals surface area contributed by atoms with Crippen LogP contribution in [0.1, 0.15) is 38.8 Å². The van der Waals surface area contributed by atoms with Crippen molar-refractivity contribution in [1.82, 2.24) is 0 Å². The molecule has 0 aliphatic carbocycles. The summed E-state index contributed by atoms with van der Waals surface area (Å²) in [4.78, 5) is 0. The van der Waals surface area contributed by atoms with Crippen LogP contribution in [0.25, 0.3) is 22.3 Å². The number of alkyl halides is 3. The minimum atomic E-state index is -4.33. The lowest BCUT2D eigenvalue weighted by Crippen LogP contribution is -2.41. The zero-order chi connectivity index (χ0) is 23.3. The van der Waals surface area contributed by atoms with Crippen molar-refractivity contribution in [3.8, 4) is 22.3 Å². The Balaban J connectivity index is 1.55. The number of benzene rings is 3. The number of aryl methyl sites for hydroxylation is 1. The zero-order valence-electron chi connectivity index (χ0n) is 18.9. The highest BCUT2D eigenvalue weighted by Gasteiger charge is 2.51. The highest BCUT2D eigenvalue weighted by Crippen LogP contribution is 2.37. The van der Waals surface area contributed by atoms with E-state index in [0.29, 0.717) is 0 Å². The minimum Gasteiger partial charge on any atom is -0.399 e.